The highest BCUT2D eigenvalue weighted by Gasteiger charge is 2.15. The number of hydrogen-bond acceptors (Lipinski definition) is 3. The van der Waals surface area contributed by atoms with E-state index in [-0.39, 0.29) is 0 Å². The minimum Gasteiger partial charge on any atom is -0.464 e. The summed E-state index contributed by atoms with van der Waals surface area (Å²) < 4.78 is 7.46. The third kappa shape index (κ3) is 2.01. The highest BCUT2D eigenvalue weighted by atomic mass is 16.5. The van der Waals surface area contributed by atoms with Gasteiger partial charge in [-0.05, 0) is 13.0 Å². The Kier molecular flexibility index (Phi) is 2.49. The molecule has 0 saturated carbocycles. The first-order valence-corrected chi connectivity index (χ1v) is 4.67. The van der Waals surface area contributed by atoms with Gasteiger partial charge in [0.05, 0.1) is 6.61 Å². The van der Waals surface area contributed by atoms with E-state index >= 15 is 0 Å². The zero-order valence-electron chi connectivity index (χ0n) is 7.86. The van der Waals surface area contributed by atoms with Gasteiger partial charge in [0, 0.05) is 31.9 Å². The van der Waals surface area contributed by atoms with Crippen LogP contribution in [0.3, 0.4) is 0 Å². The van der Waals surface area contributed by atoms with Crippen LogP contribution in [0, 0.1) is 5.92 Å². The van der Waals surface area contributed by atoms with E-state index in [1.807, 2.05) is 17.8 Å². The molecule has 1 atom stereocenters. The lowest BCUT2D eigenvalue weighted by molar-refractivity contribution is 0.234. The van der Waals surface area contributed by atoms with Crippen molar-refractivity contribution in [3.8, 4) is 6.01 Å². The summed E-state index contributed by atoms with van der Waals surface area (Å²) >= 11 is 0. The van der Waals surface area contributed by atoms with Gasteiger partial charge in [-0.2, -0.15) is 0 Å². The molecule has 13 heavy (non-hydrogen) atoms. The Labute approximate surface area is 77.9 Å². The van der Waals surface area contributed by atoms with Crippen LogP contribution < -0.4 is 10.1 Å². The zero-order chi connectivity index (χ0) is 9.10. The smallest absolute Gasteiger partial charge is 0.295 e. The third-order valence-corrected chi connectivity index (χ3v) is 2.39. The molecule has 1 fully saturated rings. The van der Waals surface area contributed by atoms with Crippen molar-refractivity contribution in [2.24, 2.45) is 13.0 Å². The molecule has 1 unspecified atom stereocenters. The summed E-state index contributed by atoms with van der Waals surface area (Å²) in [6, 6.07) is 0.715. The quantitative estimate of drug-likeness (QED) is 0.734. The Morgan fingerprint density at radius 1 is 1.77 bits per heavy atom. The Hall–Kier alpha value is -1.03. The lowest BCUT2D eigenvalue weighted by atomic mass is 10.1. The largest absolute Gasteiger partial charge is 0.464 e. The number of nitrogens with zero attached hydrogens (tertiary/aromatic N) is 2. The van der Waals surface area contributed by atoms with Crippen LogP contribution in [0.4, 0.5) is 0 Å². The molecule has 4 heteroatoms. The first-order valence-electron chi connectivity index (χ1n) is 4.67. The number of aryl methyl sites for hydroxylation is 1. The first-order chi connectivity index (χ1) is 6.36. The molecule has 0 spiro atoms. The van der Waals surface area contributed by atoms with Crippen LogP contribution in [0.25, 0.3) is 0 Å². The van der Waals surface area contributed by atoms with Gasteiger partial charge in [0.1, 0.15) is 0 Å². The summed E-state index contributed by atoms with van der Waals surface area (Å²) in [5.74, 6) is 0.650. The average Bonchev–Trinajstić information content (AvgIpc) is 2.72. The SMILES string of the molecule is Cn1ccnc1OCC1CCNC1. The molecule has 0 aromatic carbocycles. The Morgan fingerprint density at radius 3 is 3.31 bits per heavy atom. The first kappa shape index (κ1) is 8.56. The maximum atomic E-state index is 5.57. The molecule has 0 aliphatic carbocycles. The summed E-state index contributed by atoms with van der Waals surface area (Å²) in [7, 11) is 1.94. The van der Waals surface area contributed by atoms with Gasteiger partial charge in [-0.1, -0.05) is 0 Å². The average molecular weight is 181 g/mol. The fraction of sp³-hybridized carbons (Fsp3) is 0.667. The molecule has 1 aliphatic heterocycles. The zero-order valence-corrected chi connectivity index (χ0v) is 7.86. The van der Waals surface area contributed by atoms with Gasteiger partial charge in [0.25, 0.3) is 6.01 Å². The van der Waals surface area contributed by atoms with Crippen LogP contribution in [-0.4, -0.2) is 29.2 Å². The summed E-state index contributed by atoms with van der Waals surface area (Å²) in [5.41, 5.74) is 0. The van der Waals surface area contributed by atoms with Gasteiger partial charge in [0.15, 0.2) is 0 Å². The van der Waals surface area contributed by atoms with Crippen molar-refractivity contribution < 1.29 is 4.74 Å². The molecule has 1 aromatic rings. The molecule has 0 bridgehead atoms. The molecule has 1 N–H and O–H groups in total. The Morgan fingerprint density at radius 2 is 2.69 bits per heavy atom. The monoisotopic (exact) mass is 181 g/mol. The fourth-order valence-corrected chi connectivity index (χ4v) is 1.54. The number of ether oxygens (including phenoxy) is 1. The highest BCUT2D eigenvalue weighted by Crippen LogP contribution is 2.11. The van der Waals surface area contributed by atoms with E-state index in [4.69, 9.17) is 4.74 Å². The number of hydrogen-bond donors (Lipinski definition) is 1. The molecule has 2 heterocycles. The van der Waals surface area contributed by atoms with Crippen molar-refractivity contribution in [3.63, 3.8) is 0 Å². The van der Waals surface area contributed by atoms with E-state index in [0.29, 0.717) is 11.9 Å². The van der Waals surface area contributed by atoms with Gasteiger partial charge < -0.3 is 14.6 Å². The highest BCUT2D eigenvalue weighted by molar-refractivity contribution is 4.96. The number of rotatable bonds is 3. The normalized spacial score (nSPS) is 22.1. The number of aromatic nitrogens is 2. The van der Waals surface area contributed by atoms with Crippen LogP contribution >= 0.6 is 0 Å². The molecular formula is C9H15N3O. The fourth-order valence-electron chi connectivity index (χ4n) is 1.54. The minimum atomic E-state index is 0.650. The minimum absolute atomic E-state index is 0.650. The van der Waals surface area contributed by atoms with Crippen LogP contribution in [0.1, 0.15) is 6.42 Å². The molecule has 2 rings (SSSR count). The van der Waals surface area contributed by atoms with Crippen LogP contribution in [0.5, 0.6) is 6.01 Å². The van der Waals surface area contributed by atoms with Crippen molar-refractivity contribution in [3.05, 3.63) is 12.4 Å². The lowest BCUT2D eigenvalue weighted by Crippen LogP contribution is -2.16. The second-order valence-electron chi connectivity index (χ2n) is 3.49. The van der Waals surface area contributed by atoms with Gasteiger partial charge in [0.2, 0.25) is 0 Å². The van der Waals surface area contributed by atoms with Gasteiger partial charge in [-0.3, -0.25) is 0 Å². The molecule has 4 nitrogen and oxygen atoms in total. The van der Waals surface area contributed by atoms with Crippen molar-refractivity contribution in [2.75, 3.05) is 19.7 Å². The third-order valence-electron chi connectivity index (χ3n) is 2.39. The second-order valence-corrected chi connectivity index (χ2v) is 3.49. The van der Waals surface area contributed by atoms with E-state index in [9.17, 15) is 0 Å². The molecule has 0 amide bonds. The standard InChI is InChI=1S/C9H15N3O/c1-12-5-4-11-9(12)13-7-8-2-3-10-6-8/h4-5,8,10H,2-3,6-7H2,1H3. The summed E-state index contributed by atoms with van der Waals surface area (Å²) in [5, 5.41) is 3.31. The lowest BCUT2D eigenvalue weighted by Gasteiger charge is -2.09. The Bertz CT molecular complexity index is 266. The molecular weight excluding hydrogens is 166 g/mol. The van der Waals surface area contributed by atoms with E-state index < -0.39 is 0 Å². The van der Waals surface area contributed by atoms with Crippen molar-refractivity contribution in [2.45, 2.75) is 6.42 Å². The van der Waals surface area contributed by atoms with Crippen LogP contribution in [0.15, 0.2) is 12.4 Å². The number of nitrogens with one attached hydrogen (secondary N) is 1. The predicted molar refractivity (Wildman–Crippen MR) is 49.7 cm³/mol. The Balaban J connectivity index is 1.82. The summed E-state index contributed by atoms with van der Waals surface area (Å²) in [6.07, 6.45) is 4.86. The second kappa shape index (κ2) is 3.79. The van der Waals surface area contributed by atoms with E-state index in [1.54, 1.807) is 6.20 Å². The van der Waals surface area contributed by atoms with Crippen LogP contribution in [-0.2, 0) is 7.05 Å². The van der Waals surface area contributed by atoms with Crippen LogP contribution in [0.2, 0.25) is 0 Å². The maximum absolute atomic E-state index is 5.57. The molecule has 0 radical (unpaired) electrons. The summed E-state index contributed by atoms with van der Waals surface area (Å²) in [6.45, 7) is 2.97. The van der Waals surface area contributed by atoms with Crippen molar-refractivity contribution in [1.29, 1.82) is 0 Å². The molecule has 1 saturated heterocycles. The maximum Gasteiger partial charge on any atom is 0.295 e. The molecule has 1 aromatic heterocycles. The van der Waals surface area contributed by atoms with E-state index in [0.717, 1.165) is 19.7 Å². The van der Waals surface area contributed by atoms with E-state index in [2.05, 4.69) is 10.3 Å². The van der Waals surface area contributed by atoms with Gasteiger partial charge >= 0.3 is 0 Å². The predicted octanol–water partition coefficient (Wildman–Crippen LogP) is 0.408. The van der Waals surface area contributed by atoms with E-state index in [1.165, 1.54) is 6.42 Å². The number of imidazole rings is 1. The van der Waals surface area contributed by atoms with Gasteiger partial charge in [-0.15, -0.1) is 0 Å². The topological polar surface area (TPSA) is 39.1 Å². The van der Waals surface area contributed by atoms with Gasteiger partial charge in [-0.25, -0.2) is 4.98 Å². The molecule has 1 aliphatic rings. The summed E-state index contributed by atoms with van der Waals surface area (Å²) in [4.78, 5) is 4.10. The molecule has 72 valence electrons. The van der Waals surface area contributed by atoms with Crippen molar-refractivity contribution >= 4 is 0 Å². The van der Waals surface area contributed by atoms with Crippen molar-refractivity contribution in [1.82, 2.24) is 14.9 Å².